The van der Waals surface area contributed by atoms with Crippen molar-refractivity contribution < 1.29 is 33.6 Å². The number of phosphoric acid groups is 1. The Hall–Kier alpha value is -1.11. The third-order valence-electron chi connectivity index (χ3n) is 8.26. The quantitative estimate of drug-likeness (QED) is 0.593. The van der Waals surface area contributed by atoms with Gasteiger partial charge in [-0.1, -0.05) is 25.5 Å². The average molecular weight is 424 g/mol. The van der Waals surface area contributed by atoms with Crippen molar-refractivity contribution in [2.45, 2.75) is 52.1 Å². The first-order valence-electron chi connectivity index (χ1n) is 10.3. The summed E-state index contributed by atoms with van der Waals surface area (Å²) in [6.45, 7) is 3.55. The maximum absolute atomic E-state index is 12.7. The Kier molecular flexibility index (Phi) is 5.07. The molecule has 8 heteroatoms. The molecule has 3 N–H and O–H groups in total. The largest absolute Gasteiger partial charge is 0.470 e. The van der Waals surface area contributed by atoms with E-state index < -0.39 is 25.9 Å². The molecule has 0 radical (unpaired) electrons. The number of ketones is 2. The van der Waals surface area contributed by atoms with Crippen LogP contribution < -0.4 is 0 Å². The van der Waals surface area contributed by atoms with Crippen molar-refractivity contribution in [2.75, 3.05) is 6.61 Å². The topological polar surface area (TPSA) is 121 Å². The summed E-state index contributed by atoms with van der Waals surface area (Å²) < 4.78 is 15.5. The summed E-state index contributed by atoms with van der Waals surface area (Å²) >= 11 is 0. The first kappa shape index (κ1) is 21.1. The molecule has 7 nitrogen and oxygen atoms in total. The molecule has 29 heavy (non-hydrogen) atoms. The van der Waals surface area contributed by atoms with E-state index in [0.717, 1.165) is 24.8 Å². The fourth-order valence-electron chi connectivity index (χ4n) is 7.10. The number of carbonyl (C=O) groups is 2. The molecule has 0 aromatic rings. The highest BCUT2D eigenvalue weighted by Gasteiger charge is 2.62. The highest BCUT2D eigenvalue weighted by molar-refractivity contribution is 7.46. The molecular formula is C21H29O7P. The van der Waals surface area contributed by atoms with Crippen LogP contribution in [-0.4, -0.2) is 39.2 Å². The fourth-order valence-corrected chi connectivity index (χ4v) is 7.40. The number of allylic oxidation sites excluding steroid dienone is 4. The third-order valence-corrected chi connectivity index (χ3v) is 8.72. The molecular weight excluding hydrogens is 395 g/mol. The van der Waals surface area contributed by atoms with Crippen LogP contribution in [0.1, 0.15) is 46.0 Å². The first-order valence-corrected chi connectivity index (χ1v) is 11.8. The monoisotopic (exact) mass is 424 g/mol. The van der Waals surface area contributed by atoms with Crippen LogP contribution in [0.4, 0.5) is 0 Å². The Balaban J connectivity index is 1.60. The number of phosphoric ester groups is 1. The summed E-state index contributed by atoms with van der Waals surface area (Å²) in [5, 5.41) is 11.2. The van der Waals surface area contributed by atoms with Gasteiger partial charge >= 0.3 is 7.82 Å². The Morgan fingerprint density at radius 1 is 1.28 bits per heavy atom. The van der Waals surface area contributed by atoms with Crippen LogP contribution >= 0.6 is 7.82 Å². The molecule has 7 atom stereocenters. The zero-order valence-electron chi connectivity index (χ0n) is 16.8. The average Bonchev–Trinajstić information content (AvgIpc) is 2.96. The summed E-state index contributed by atoms with van der Waals surface area (Å²) in [4.78, 5) is 42.4. The van der Waals surface area contributed by atoms with Gasteiger partial charge in [-0.05, 0) is 61.5 Å². The van der Waals surface area contributed by atoms with Gasteiger partial charge in [-0.15, -0.1) is 0 Å². The summed E-state index contributed by atoms with van der Waals surface area (Å²) in [6.07, 6.45) is 8.34. The molecule has 4 aliphatic rings. The van der Waals surface area contributed by atoms with Crippen molar-refractivity contribution >= 4 is 19.4 Å². The number of hydrogen-bond donors (Lipinski definition) is 3. The van der Waals surface area contributed by atoms with Crippen LogP contribution in [0.2, 0.25) is 0 Å². The lowest BCUT2D eigenvalue weighted by Gasteiger charge is -2.58. The van der Waals surface area contributed by atoms with E-state index >= 15 is 0 Å². The minimum Gasteiger partial charge on any atom is -0.393 e. The van der Waals surface area contributed by atoms with Crippen LogP contribution in [0.3, 0.4) is 0 Å². The van der Waals surface area contributed by atoms with Crippen LogP contribution in [-0.2, 0) is 18.7 Å². The molecule has 0 bridgehead atoms. The molecule has 0 spiro atoms. The summed E-state index contributed by atoms with van der Waals surface area (Å²) in [6, 6.07) is 0. The van der Waals surface area contributed by atoms with E-state index in [4.69, 9.17) is 9.79 Å². The second-order valence-electron chi connectivity index (χ2n) is 9.66. The molecule has 4 aliphatic carbocycles. The normalized spacial score (nSPS) is 44.0. The van der Waals surface area contributed by atoms with Gasteiger partial charge in [-0.3, -0.25) is 14.1 Å². The lowest BCUT2D eigenvalue weighted by Crippen LogP contribution is -2.56. The lowest BCUT2D eigenvalue weighted by molar-refractivity contribution is -0.141. The van der Waals surface area contributed by atoms with Crippen LogP contribution in [0.25, 0.3) is 0 Å². The van der Waals surface area contributed by atoms with E-state index in [0.29, 0.717) is 12.8 Å². The maximum Gasteiger partial charge on any atom is 0.470 e. The minimum absolute atomic E-state index is 0.00245. The van der Waals surface area contributed by atoms with Crippen LogP contribution in [0.15, 0.2) is 23.8 Å². The fraction of sp³-hybridized carbons (Fsp3) is 0.714. The van der Waals surface area contributed by atoms with Gasteiger partial charge in [0, 0.05) is 17.3 Å². The van der Waals surface area contributed by atoms with Gasteiger partial charge in [-0.2, -0.15) is 0 Å². The predicted octanol–water partition coefficient (Wildman–Crippen LogP) is 2.56. The second kappa shape index (κ2) is 6.96. The van der Waals surface area contributed by atoms with Gasteiger partial charge in [-0.25, -0.2) is 4.57 Å². The number of fused-ring (bicyclic) bond motifs is 5. The number of rotatable bonds is 4. The van der Waals surface area contributed by atoms with E-state index in [1.807, 2.05) is 13.0 Å². The number of hydrogen-bond acceptors (Lipinski definition) is 5. The summed E-state index contributed by atoms with van der Waals surface area (Å²) in [7, 11) is -4.70. The highest BCUT2D eigenvalue weighted by atomic mass is 31.2. The standard InChI is InChI=1S/C21H29O7P/c1-20-8-7-13(22)9-12(20)3-4-14-15-5-6-16(18(24)11-28-29(25,26)27)21(15,2)10-17(23)19(14)20/h7-9,14-17,19,23H,3-6,10-11H2,1-2H3,(H2,25,26,27)/t14?,15?,16?,17-,19?,20?,21?/m0/s1. The van der Waals surface area contributed by atoms with Crippen molar-refractivity contribution in [3.8, 4) is 0 Å². The van der Waals surface area contributed by atoms with Crippen molar-refractivity contribution in [1.29, 1.82) is 0 Å². The molecule has 6 unspecified atom stereocenters. The summed E-state index contributed by atoms with van der Waals surface area (Å²) in [5.74, 6) is -0.168. The van der Waals surface area contributed by atoms with E-state index in [9.17, 15) is 19.3 Å². The Bertz CT molecular complexity index is 842. The Labute approximate surface area is 170 Å². The van der Waals surface area contributed by atoms with Crippen molar-refractivity contribution in [3.05, 3.63) is 23.8 Å². The molecule has 0 aliphatic heterocycles. The van der Waals surface area contributed by atoms with Gasteiger partial charge < -0.3 is 14.9 Å². The van der Waals surface area contributed by atoms with Crippen molar-refractivity contribution in [1.82, 2.24) is 0 Å². The Morgan fingerprint density at radius 2 is 2.00 bits per heavy atom. The first-order chi connectivity index (χ1) is 13.5. The van der Waals surface area contributed by atoms with Gasteiger partial charge in [0.25, 0.3) is 0 Å². The molecule has 0 aromatic heterocycles. The van der Waals surface area contributed by atoms with Crippen molar-refractivity contribution in [3.63, 3.8) is 0 Å². The van der Waals surface area contributed by atoms with E-state index in [1.165, 1.54) is 0 Å². The maximum atomic E-state index is 12.7. The molecule has 3 saturated carbocycles. The molecule has 4 rings (SSSR count). The molecule has 0 aromatic carbocycles. The number of aliphatic hydroxyl groups is 1. The summed E-state index contributed by atoms with van der Waals surface area (Å²) in [5.41, 5.74) is 0.333. The molecule has 160 valence electrons. The van der Waals surface area contributed by atoms with Gasteiger partial charge in [0.2, 0.25) is 0 Å². The van der Waals surface area contributed by atoms with E-state index in [2.05, 4.69) is 11.4 Å². The zero-order valence-corrected chi connectivity index (χ0v) is 17.7. The lowest BCUT2D eigenvalue weighted by atomic mass is 9.46. The zero-order chi connectivity index (χ0) is 21.2. The van der Waals surface area contributed by atoms with Crippen LogP contribution in [0, 0.1) is 34.5 Å². The van der Waals surface area contributed by atoms with Crippen molar-refractivity contribution in [2.24, 2.45) is 34.5 Å². The van der Waals surface area contributed by atoms with E-state index in [-0.39, 0.29) is 40.7 Å². The molecule has 3 fully saturated rings. The van der Waals surface area contributed by atoms with Gasteiger partial charge in [0.05, 0.1) is 6.10 Å². The second-order valence-corrected chi connectivity index (χ2v) is 10.9. The smallest absolute Gasteiger partial charge is 0.393 e. The van der Waals surface area contributed by atoms with Gasteiger partial charge in [0.1, 0.15) is 6.61 Å². The number of carbonyl (C=O) groups excluding carboxylic acids is 2. The highest BCUT2D eigenvalue weighted by Crippen LogP contribution is 2.66. The number of Topliss-reactive ketones (excluding diaryl/α,β-unsaturated/α-hetero) is 1. The van der Waals surface area contributed by atoms with E-state index in [1.54, 1.807) is 12.2 Å². The van der Waals surface area contributed by atoms with Gasteiger partial charge in [0.15, 0.2) is 11.6 Å². The third kappa shape index (κ3) is 3.41. The minimum atomic E-state index is -4.70. The molecule has 0 saturated heterocycles. The SMILES string of the molecule is CC12C=CC(=O)C=C1CCC1C2[C@@H](O)CC2(C)C(C(=O)COP(=O)(O)O)CCC12. The molecule has 0 heterocycles. The number of aliphatic hydroxyl groups excluding tert-OH is 1. The van der Waals surface area contributed by atoms with Crippen LogP contribution in [0.5, 0.6) is 0 Å². The Morgan fingerprint density at radius 3 is 2.69 bits per heavy atom. The molecule has 0 amide bonds. The predicted molar refractivity (Wildman–Crippen MR) is 104 cm³/mol.